The molecule has 3 heterocycles. The molecule has 3 rings (SSSR count). The van der Waals surface area contributed by atoms with Crippen LogP contribution in [0.3, 0.4) is 0 Å². The summed E-state index contributed by atoms with van der Waals surface area (Å²) in [4.78, 5) is 28.3. The molecular weight excluding hydrogens is 417 g/mol. The van der Waals surface area contributed by atoms with Crippen molar-refractivity contribution in [3.8, 4) is 0 Å². The van der Waals surface area contributed by atoms with Gasteiger partial charge in [0.15, 0.2) is 23.7 Å². The van der Waals surface area contributed by atoms with E-state index in [-0.39, 0.29) is 23.6 Å². The van der Waals surface area contributed by atoms with Gasteiger partial charge in [0.25, 0.3) is 6.02 Å². The fourth-order valence-corrected chi connectivity index (χ4v) is 3.02. The summed E-state index contributed by atoms with van der Waals surface area (Å²) in [5, 5.41) is 0. The quantitative estimate of drug-likeness (QED) is 0.619. The number of hydrogen-bond acceptors (Lipinski definition) is 9. The number of ketones is 1. The van der Waals surface area contributed by atoms with Gasteiger partial charge in [-0.05, 0) is 19.1 Å². The van der Waals surface area contributed by atoms with Crippen LogP contribution in [-0.2, 0) is 27.9 Å². The van der Waals surface area contributed by atoms with Crippen molar-refractivity contribution in [3.05, 3.63) is 46.9 Å². The van der Waals surface area contributed by atoms with Crippen LogP contribution in [0.25, 0.3) is 0 Å². The van der Waals surface area contributed by atoms with Crippen molar-refractivity contribution in [2.45, 2.75) is 31.2 Å². The maximum absolute atomic E-state index is 14.5. The minimum atomic E-state index is -3.58. The Morgan fingerprint density at radius 2 is 2.00 bits per heavy atom. The average molecular weight is 438 g/mol. The smallest absolute Gasteiger partial charge is 0.311 e. The molecule has 4 N–H and O–H groups in total. The van der Waals surface area contributed by atoms with Crippen molar-refractivity contribution in [1.29, 1.82) is 0 Å². The number of rotatable bonds is 7. The number of nitrogen functional groups attached to an aromatic ring is 1. The molecular formula is C19H21F3N6O3. The molecule has 1 atom stereocenters. The number of aromatic nitrogens is 3. The summed E-state index contributed by atoms with van der Waals surface area (Å²) < 4.78 is 53.0. The van der Waals surface area contributed by atoms with Crippen molar-refractivity contribution < 1.29 is 27.4 Å². The maximum Gasteiger partial charge on any atom is 0.311 e. The zero-order chi connectivity index (χ0) is 22.8. The highest BCUT2D eigenvalue weighted by Gasteiger charge is 2.57. The monoisotopic (exact) mass is 438 g/mol. The summed E-state index contributed by atoms with van der Waals surface area (Å²) >= 11 is 0. The number of carbonyl (C=O) groups is 1. The van der Waals surface area contributed by atoms with Crippen LogP contribution in [-0.4, -0.2) is 53.0 Å². The average Bonchev–Trinajstić information content (AvgIpc) is 2.71. The van der Waals surface area contributed by atoms with E-state index in [0.29, 0.717) is 18.7 Å². The molecule has 31 heavy (non-hydrogen) atoms. The SMILES string of the molecule is COCCc1cnc(C(=O)Cc2ccc(F)c([C@@]3(C)N=C(N)OCC3(F)F)n2)c(N)n1. The molecule has 166 valence electrons. The molecule has 12 heteroatoms. The second-order valence-electron chi connectivity index (χ2n) is 7.09. The van der Waals surface area contributed by atoms with Crippen molar-refractivity contribution in [2.75, 3.05) is 26.1 Å². The van der Waals surface area contributed by atoms with Crippen LogP contribution >= 0.6 is 0 Å². The second-order valence-corrected chi connectivity index (χ2v) is 7.09. The normalized spacial score (nSPS) is 20.1. The van der Waals surface area contributed by atoms with Crippen LogP contribution in [0.1, 0.15) is 34.5 Å². The third-order valence-electron chi connectivity index (χ3n) is 4.83. The molecule has 0 unspecified atom stereocenters. The summed E-state index contributed by atoms with van der Waals surface area (Å²) in [5.41, 5.74) is 8.68. The third-order valence-corrected chi connectivity index (χ3v) is 4.83. The van der Waals surface area contributed by atoms with Gasteiger partial charge in [0.2, 0.25) is 0 Å². The molecule has 0 bridgehead atoms. The van der Waals surface area contributed by atoms with Gasteiger partial charge in [-0.3, -0.25) is 9.78 Å². The first-order chi connectivity index (χ1) is 14.6. The molecule has 0 saturated carbocycles. The van der Waals surface area contributed by atoms with E-state index in [4.69, 9.17) is 16.2 Å². The van der Waals surface area contributed by atoms with Crippen molar-refractivity contribution in [3.63, 3.8) is 0 Å². The Labute approximate surface area is 175 Å². The van der Waals surface area contributed by atoms with Gasteiger partial charge < -0.3 is 20.9 Å². The Balaban J connectivity index is 1.89. The molecule has 0 saturated heterocycles. The Kier molecular flexibility index (Phi) is 6.11. The van der Waals surface area contributed by atoms with E-state index in [1.165, 1.54) is 19.4 Å². The molecule has 0 fully saturated rings. The molecule has 1 aliphatic heterocycles. The zero-order valence-electron chi connectivity index (χ0n) is 16.9. The Bertz CT molecular complexity index is 1030. The number of halogens is 3. The van der Waals surface area contributed by atoms with Crippen molar-refractivity contribution >= 4 is 17.6 Å². The molecule has 0 aliphatic carbocycles. The molecule has 0 radical (unpaired) electrons. The highest BCUT2D eigenvalue weighted by Crippen LogP contribution is 2.43. The number of aliphatic imine (C=N–C) groups is 1. The summed E-state index contributed by atoms with van der Waals surface area (Å²) in [6, 6.07) is 1.64. The number of carbonyl (C=O) groups excluding carboxylic acids is 1. The summed E-state index contributed by atoms with van der Waals surface area (Å²) in [5.74, 6) is -5.24. The summed E-state index contributed by atoms with van der Waals surface area (Å²) in [6.45, 7) is 0.331. The van der Waals surface area contributed by atoms with Gasteiger partial charge in [0.1, 0.15) is 17.2 Å². The van der Waals surface area contributed by atoms with Crippen molar-refractivity contribution in [1.82, 2.24) is 15.0 Å². The van der Waals surface area contributed by atoms with Gasteiger partial charge in [-0.2, -0.15) is 8.78 Å². The topological polar surface area (TPSA) is 139 Å². The Morgan fingerprint density at radius 1 is 1.26 bits per heavy atom. The summed E-state index contributed by atoms with van der Waals surface area (Å²) in [6.07, 6.45) is 1.50. The number of amidine groups is 1. The standard InChI is InChI=1S/C19H21F3N6O3/c1-18(19(21,22)9-31-17(24)28-18)15-12(20)4-3-10(26-15)7-13(29)14-16(23)27-11(8-25-14)5-6-30-2/h3-4,8H,5-7,9H2,1-2H3,(H2,23,27)(H2,24,28)/t18-/m1/s1. The zero-order valence-corrected chi connectivity index (χ0v) is 16.9. The minimum Gasteiger partial charge on any atom is -0.459 e. The lowest BCUT2D eigenvalue weighted by atomic mass is 9.88. The number of nitrogens with zero attached hydrogens (tertiary/aromatic N) is 4. The molecule has 0 spiro atoms. The lowest BCUT2D eigenvalue weighted by molar-refractivity contribution is -0.118. The third kappa shape index (κ3) is 4.43. The first kappa shape index (κ1) is 22.4. The van der Waals surface area contributed by atoms with Crippen LogP contribution in [0.5, 0.6) is 0 Å². The van der Waals surface area contributed by atoms with Gasteiger partial charge in [-0.1, -0.05) is 0 Å². The van der Waals surface area contributed by atoms with E-state index in [0.717, 1.165) is 13.0 Å². The van der Waals surface area contributed by atoms with Crippen LogP contribution in [0.4, 0.5) is 19.0 Å². The van der Waals surface area contributed by atoms with Crippen LogP contribution in [0.2, 0.25) is 0 Å². The lowest BCUT2D eigenvalue weighted by Gasteiger charge is -2.36. The molecule has 2 aromatic heterocycles. The lowest BCUT2D eigenvalue weighted by Crippen LogP contribution is -2.51. The van der Waals surface area contributed by atoms with Gasteiger partial charge in [0, 0.05) is 25.4 Å². The fourth-order valence-electron chi connectivity index (χ4n) is 3.02. The number of Topliss-reactive ketones (excluding diaryl/α,β-unsaturated/α-hetero) is 1. The van der Waals surface area contributed by atoms with E-state index in [9.17, 15) is 18.0 Å². The van der Waals surface area contributed by atoms with E-state index in [1.807, 2.05) is 0 Å². The number of nitrogens with two attached hydrogens (primary N) is 2. The van der Waals surface area contributed by atoms with Gasteiger partial charge >= 0.3 is 5.92 Å². The predicted molar refractivity (Wildman–Crippen MR) is 104 cm³/mol. The molecule has 0 aromatic carbocycles. The van der Waals surface area contributed by atoms with Gasteiger partial charge in [0.05, 0.1) is 18.7 Å². The van der Waals surface area contributed by atoms with Crippen LogP contribution in [0.15, 0.2) is 23.3 Å². The first-order valence-corrected chi connectivity index (χ1v) is 9.23. The van der Waals surface area contributed by atoms with E-state index >= 15 is 0 Å². The number of hydrogen-bond donors (Lipinski definition) is 2. The number of methoxy groups -OCH3 is 1. The molecule has 9 nitrogen and oxygen atoms in total. The summed E-state index contributed by atoms with van der Waals surface area (Å²) in [7, 11) is 1.54. The first-order valence-electron chi connectivity index (χ1n) is 9.23. The largest absolute Gasteiger partial charge is 0.459 e. The van der Waals surface area contributed by atoms with Gasteiger partial charge in [-0.15, -0.1) is 0 Å². The number of alkyl halides is 2. The number of anilines is 1. The molecule has 2 aromatic rings. The fraction of sp³-hybridized carbons (Fsp3) is 0.421. The Morgan fingerprint density at radius 3 is 2.68 bits per heavy atom. The highest BCUT2D eigenvalue weighted by molar-refractivity contribution is 5.99. The second kappa shape index (κ2) is 8.46. The van der Waals surface area contributed by atoms with Crippen LogP contribution in [0, 0.1) is 5.82 Å². The van der Waals surface area contributed by atoms with Crippen molar-refractivity contribution in [2.24, 2.45) is 10.7 Å². The maximum atomic E-state index is 14.5. The molecule has 0 amide bonds. The molecule has 1 aliphatic rings. The van der Waals surface area contributed by atoms with E-state index < -0.39 is 41.4 Å². The highest BCUT2D eigenvalue weighted by atomic mass is 19.3. The van der Waals surface area contributed by atoms with Crippen LogP contribution < -0.4 is 11.5 Å². The predicted octanol–water partition coefficient (Wildman–Crippen LogP) is 1.40. The van der Waals surface area contributed by atoms with E-state index in [2.05, 4.69) is 24.7 Å². The van der Waals surface area contributed by atoms with Gasteiger partial charge in [-0.25, -0.2) is 19.4 Å². The number of pyridine rings is 1. The minimum absolute atomic E-state index is 0.0309. The number of ether oxygens (including phenoxy) is 2. The van der Waals surface area contributed by atoms with E-state index in [1.54, 1.807) is 0 Å². The Hall–Kier alpha value is -3.28.